The van der Waals surface area contributed by atoms with Crippen LogP contribution in [0.5, 0.6) is 0 Å². The zero-order valence-corrected chi connectivity index (χ0v) is 15.9. The van der Waals surface area contributed by atoms with E-state index in [0.29, 0.717) is 34.3 Å². The highest BCUT2D eigenvalue weighted by Gasteiger charge is 2.17. The van der Waals surface area contributed by atoms with Gasteiger partial charge in [-0.1, -0.05) is 30.9 Å². The standard InChI is InChI=1S/C18H23ClN4OS/c1-2-23(18(25)20-13-6-4-3-5-7-13)11-16-21-15-10-12(19)8-9-14(15)17(24)22-16/h8-10,13H,2-7,11H2,1H3,(H,20,25)(H,21,22,24). The second-order valence-corrected chi connectivity index (χ2v) is 7.30. The number of rotatable bonds is 4. The average molecular weight is 379 g/mol. The number of hydrogen-bond donors (Lipinski definition) is 2. The van der Waals surface area contributed by atoms with E-state index in [9.17, 15) is 4.79 Å². The van der Waals surface area contributed by atoms with Crippen LogP contribution in [0, 0.1) is 0 Å². The molecule has 0 aliphatic heterocycles. The van der Waals surface area contributed by atoms with E-state index in [1.807, 2.05) is 11.8 Å². The van der Waals surface area contributed by atoms with Crippen LogP contribution in [0.25, 0.3) is 10.9 Å². The molecule has 0 saturated heterocycles. The largest absolute Gasteiger partial charge is 0.360 e. The Morgan fingerprint density at radius 2 is 2.16 bits per heavy atom. The van der Waals surface area contributed by atoms with Crippen molar-refractivity contribution in [3.05, 3.63) is 39.4 Å². The molecule has 0 bridgehead atoms. The van der Waals surface area contributed by atoms with Crippen molar-refractivity contribution >= 4 is 39.8 Å². The van der Waals surface area contributed by atoms with Gasteiger partial charge in [-0.25, -0.2) is 4.98 Å². The highest BCUT2D eigenvalue weighted by molar-refractivity contribution is 7.80. The van der Waals surface area contributed by atoms with Crippen LogP contribution in [0.2, 0.25) is 5.02 Å². The van der Waals surface area contributed by atoms with Gasteiger partial charge < -0.3 is 15.2 Å². The molecule has 0 atom stereocenters. The molecule has 5 nitrogen and oxygen atoms in total. The molecular weight excluding hydrogens is 356 g/mol. The molecule has 1 aliphatic carbocycles. The summed E-state index contributed by atoms with van der Waals surface area (Å²) >= 11 is 11.6. The molecule has 7 heteroatoms. The fourth-order valence-electron chi connectivity index (χ4n) is 3.26. The maximum absolute atomic E-state index is 12.3. The third-order valence-electron chi connectivity index (χ3n) is 4.66. The maximum atomic E-state index is 12.3. The molecule has 134 valence electrons. The smallest absolute Gasteiger partial charge is 0.258 e. The highest BCUT2D eigenvalue weighted by atomic mass is 35.5. The number of aromatic nitrogens is 2. The van der Waals surface area contributed by atoms with Gasteiger partial charge in [-0.15, -0.1) is 0 Å². The predicted molar refractivity (Wildman–Crippen MR) is 106 cm³/mol. The van der Waals surface area contributed by atoms with E-state index >= 15 is 0 Å². The van der Waals surface area contributed by atoms with E-state index < -0.39 is 0 Å². The highest BCUT2D eigenvalue weighted by Crippen LogP contribution is 2.18. The summed E-state index contributed by atoms with van der Waals surface area (Å²) in [4.78, 5) is 21.7. The summed E-state index contributed by atoms with van der Waals surface area (Å²) in [6.07, 6.45) is 6.16. The van der Waals surface area contributed by atoms with Crippen molar-refractivity contribution in [1.82, 2.24) is 20.2 Å². The first-order chi connectivity index (χ1) is 12.1. The Bertz CT molecular complexity index is 816. The number of hydrogen-bond acceptors (Lipinski definition) is 3. The number of H-pyrrole nitrogens is 1. The number of fused-ring (bicyclic) bond motifs is 1. The van der Waals surface area contributed by atoms with Gasteiger partial charge in [0.25, 0.3) is 5.56 Å². The van der Waals surface area contributed by atoms with Crippen molar-refractivity contribution in [2.45, 2.75) is 51.6 Å². The second kappa shape index (κ2) is 8.15. The Balaban J connectivity index is 1.75. The van der Waals surface area contributed by atoms with Crippen LogP contribution < -0.4 is 10.9 Å². The van der Waals surface area contributed by atoms with E-state index in [4.69, 9.17) is 23.8 Å². The molecule has 2 aromatic rings. The average Bonchev–Trinajstić information content (AvgIpc) is 2.60. The number of nitrogens with zero attached hydrogens (tertiary/aromatic N) is 2. The van der Waals surface area contributed by atoms with Crippen LogP contribution >= 0.6 is 23.8 Å². The van der Waals surface area contributed by atoms with Crippen LogP contribution in [0.15, 0.2) is 23.0 Å². The molecule has 1 heterocycles. The lowest BCUT2D eigenvalue weighted by Gasteiger charge is -2.29. The van der Waals surface area contributed by atoms with E-state index in [1.54, 1.807) is 18.2 Å². The van der Waals surface area contributed by atoms with Gasteiger partial charge in [-0.3, -0.25) is 4.79 Å². The minimum atomic E-state index is -0.154. The van der Waals surface area contributed by atoms with E-state index in [1.165, 1.54) is 32.1 Å². The molecular formula is C18H23ClN4OS. The minimum absolute atomic E-state index is 0.154. The molecule has 1 aromatic heterocycles. The quantitative estimate of drug-likeness (QED) is 0.796. The zero-order valence-electron chi connectivity index (χ0n) is 14.3. The number of benzene rings is 1. The van der Waals surface area contributed by atoms with Crippen molar-refractivity contribution in [2.24, 2.45) is 0 Å². The Labute approximate surface area is 157 Å². The first-order valence-electron chi connectivity index (χ1n) is 8.80. The summed E-state index contributed by atoms with van der Waals surface area (Å²) in [6, 6.07) is 5.56. The number of aromatic amines is 1. The van der Waals surface area contributed by atoms with Gasteiger partial charge in [0.1, 0.15) is 5.82 Å². The molecule has 0 spiro atoms. The Morgan fingerprint density at radius 1 is 1.40 bits per heavy atom. The zero-order chi connectivity index (χ0) is 17.8. The summed E-state index contributed by atoms with van der Waals surface area (Å²) in [7, 11) is 0. The number of thiocarbonyl (C=S) groups is 1. The van der Waals surface area contributed by atoms with E-state index in [0.717, 1.165) is 11.7 Å². The van der Waals surface area contributed by atoms with Crippen LogP contribution in [0.3, 0.4) is 0 Å². The lowest BCUT2D eigenvalue weighted by molar-refractivity contribution is 0.371. The number of nitrogens with one attached hydrogen (secondary N) is 2. The summed E-state index contributed by atoms with van der Waals surface area (Å²) in [5, 5.41) is 5.30. The third-order valence-corrected chi connectivity index (χ3v) is 5.27. The minimum Gasteiger partial charge on any atom is -0.360 e. The summed E-state index contributed by atoms with van der Waals surface area (Å²) in [6.45, 7) is 3.26. The Morgan fingerprint density at radius 3 is 2.88 bits per heavy atom. The van der Waals surface area contributed by atoms with Gasteiger partial charge in [-0.05, 0) is 50.2 Å². The van der Waals surface area contributed by atoms with Crippen molar-refractivity contribution in [3.8, 4) is 0 Å². The summed E-state index contributed by atoms with van der Waals surface area (Å²) in [5.74, 6) is 0.592. The van der Waals surface area contributed by atoms with Crippen LogP contribution in [-0.2, 0) is 6.54 Å². The van der Waals surface area contributed by atoms with Gasteiger partial charge in [0.05, 0.1) is 17.4 Å². The van der Waals surface area contributed by atoms with Gasteiger partial charge in [-0.2, -0.15) is 0 Å². The third kappa shape index (κ3) is 4.50. The lowest BCUT2D eigenvalue weighted by Crippen LogP contribution is -2.45. The molecule has 0 unspecified atom stereocenters. The first kappa shape index (κ1) is 18.1. The fraction of sp³-hybridized carbons (Fsp3) is 0.500. The van der Waals surface area contributed by atoms with Gasteiger partial charge >= 0.3 is 0 Å². The van der Waals surface area contributed by atoms with E-state index in [2.05, 4.69) is 15.3 Å². The number of halogens is 1. The lowest BCUT2D eigenvalue weighted by atomic mass is 9.96. The van der Waals surface area contributed by atoms with Crippen molar-refractivity contribution in [1.29, 1.82) is 0 Å². The van der Waals surface area contributed by atoms with Crippen LogP contribution in [0.1, 0.15) is 44.9 Å². The molecule has 1 fully saturated rings. The summed E-state index contributed by atoms with van der Waals surface area (Å²) < 4.78 is 0. The molecule has 3 rings (SSSR count). The summed E-state index contributed by atoms with van der Waals surface area (Å²) in [5.41, 5.74) is 0.451. The fourth-order valence-corrected chi connectivity index (χ4v) is 3.78. The second-order valence-electron chi connectivity index (χ2n) is 6.47. The monoisotopic (exact) mass is 378 g/mol. The van der Waals surface area contributed by atoms with Gasteiger partial charge in [0.15, 0.2) is 5.11 Å². The molecule has 0 radical (unpaired) electrons. The van der Waals surface area contributed by atoms with Crippen molar-refractivity contribution in [2.75, 3.05) is 6.54 Å². The van der Waals surface area contributed by atoms with Crippen LogP contribution in [0.4, 0.5) is 0 Å². The van der Waals surface area contributed by atoms with Gasteiger partial charge in [0.2, 0.25) is 0 Å². The van der Waals surface area contributed by atoms with Crippen molar-refractivity contribution in [3.63, 3.8) is 0 Å². The molecule has 2 N–H and O–H groups in total. The molecule has 1 aromatic carbocycles. The first-order valence-corrected chi connectivity index (χ1v) is 9.59. The maximum Gasteiger partial charge on any atom is 0.258 e. The Hall–Kier alpha value is -1.66. The predicted octanol–water partition coefficient (Wildman–Crippen LogP) is 3.61. The van der Waals surface area contributed by atoms with Crippen molar-refractivity contribution < 1.29 is 0 Å². The normalized spacial score (nSPS) is 15.3. The molecule has 25 heavy (non-hydrogen) atoms. The molecule has 0 amide bonds. The van der Waals surface area contributed by atoms with E-state index in [-0.39, 0.29) is 5.56 Å². The molecule has 1 aliphatic rings. The molecule has 1 saturated carbocycles. The topological polar surface area (TPSA) is 61.0 Å². The van der Waals surface area contributed by atoms with Gasteiger partial charge in [0, 0.05) is 17.6 Å². The van der Waals surface area contributed by atoms with Crippen LogP contribution in [-0.4, -0.2) is 32.6 Å². The SMILES string of the molecule is CCN(Cc1nc2cc(Cl)ccc2c(=O)[nH]1)C(=S)NC1CCCCC1. The Kier molecular flexibility index (Phi) is 5.91.